The lowest BCUT2D eigenvalue weighted by atomic mass is 10.2. The van der Waals surface area contributed by atoms with Crippen LogP contribution < -0.4 is 0 Å². The Kier molecular flexibility index (Phi) is 4.73. The van der Waals surface area contributed by atoms with Gasteiger partial charge in [-0.25, -0.2) is 4.79 Å². The van der Waals surface area contributed by atoms with E-state index in [-0.39, 0.29) is 5.56 Å². The molecule has 0 radical (unpaired) electrons. The quantitative estimate of drug-likeness (QED) is 0.709. The van der Waals surface area contributed by atoms with Gasteiger partial charge < -0.3 is 14.6 Å². The Morgan fingerprint density at radius 2 is 2.33 bits per heavy atom. The van der Waals surface area contributed by atoms with Gasteiger partial charge in [0.05, 0.1) is 31.1 Å². The molecule has 0 aliphatic carbocycles. The number of aromatic nitrogens is 1. The van der Waals surface area contributed by atoms with Gasteiger partial charge in [-0.1, -0.05) is 0 Å². The second kappa shape index (κ2) is 6.10. The Balaban J connectivity index is 2.47. The molecule has 82 valence electrons. The first-order chi connectivity index (χ1) is 7.24. The molecule has 0 aromatic carbocycles. The van der Waals surface area contributed by atoms with Crippen LogP contribution in [0.4, 0.5) is 0 Å². The molecule has 0 spiro atoms. The van der Waals surface area contributed by atoms with Gasteiger partial charge in [0.25, 0.3) is 0 Å². The molecule has 5 heteroatoms. The molecule has 1 N–H and O–H groups in total. The van der Waals surface area contributed by atoms with Crippen molar-refractivity contribution in [2.75, 3.05) is 20.3 Å². The third kappa shape index (κ3) is 4.05. The minimum atomic E-state index is -0.962. The molecular formula is C10H13NO4. The van der Waals surface area contributed by atoms with Gasteiger partial charge in [0.2, 0.25) is 0 Å². The number of methoxy groups -OCH3 is 1. The van der Waals surface area contributed by atoms with Crippen LogP contribution in [0, 0.1) is 0 Å². The van der Waals surface area contributed by atoms with Crippen LogP contribution in [0.2, 0.25) is 0 Å². The number of aromatic carboxylic acids is 1. The van der Waals surface area contributed by atoms with Crippen LogP contribution in [-0.2, 0) is 16.1 Å². The number of ether oxygens (including phenoxy) is 2. The zero-order valence-corrected chi connectivity index (χ0v) is 8.47. The minimum absolute atomic E-state index is 0.218. The molecule has 0 saturated heterocycles. The van der Waals surface area contributed by atoms with Crippen molar-refractivity contribution in [1.29, 1.82) is 0 Å². The lowest BCUT2D eigenvalue weighted by Crippen LogP contribution is -2.04. The van der Waals surface area contributed by atoms with Crippen molar-refractivity contribution in [3.8, 4) is 0 Å². The van der Waals surface area contributed by atoms with Gasteiger partial charge >= 0.3 is 5.97 Å². The fraction of sp³-hybridized carbons (Fsp3) is 0.400. The topological polar surface area (TPSA) is 68.7 Å². The lowest BCUT2D eigenvalue weighted by molar-refractivity contribution is 0.0599. The number of carbonyl (C=O) groups is 1. The number of rotatable bonds is 6. The SMILES string of the molecule is COCCOCc1cc(C(=O)O)ccn1. The van der Waals surface area contributed by atoms with Crippen molar-refractivity contribution < 1.29 is 19.4 Å². The van der Waals surface area contributed by atoms with Crippen molar-refractivity contribution >= 4 is 5.97 Å². The zero-order valence-electron chi connectivity index (χ0n) is 8.47. The fourth-order valence-corrected chi connectivity index (χ4v) is 1.01. The monoisotopic (exact) mass is 211 g/mol. The standard InChI is InChI=1S/C10H13NO4/c1-14-4-5-15-7-9-6-8(10(12)13)2-3-11-9/h2-3,6H,4-5,7H2,1H3,(H,12,13). The van der Waals surface area contributed by atoms with E-state index in [2.05, 4.69) is 4.98 Å². The Morgan fingerprint density at radius 1 is 1.53 bits per heavy atom. The van der Waals surface area contributed by atoms with Crippen molar-refractivity contribution in [2.45, 2.75) is 6.61 Å². The third-order valence-corrected chi connectivity index (χ3v) is 1.75. The first-order valence-corrected chi connectivity index (χ1v) is 4.49. The van der Waals surface area contributed by atoms with E-state index in [1.54, 1.807) is 7.11 Å². The first kappa shape index (κ1) is 11.6. The summed E-state index contributed by atoms with van der Waals surface area (Å²) in [6.07, 6.45) is 1.46. The van der Waals surface area contributed by atoms with E-state index < -0.39 is 5.97 Å². The third-order valence-electron chi connectivity index (χ3n) is 1.75. The van der Waals surface area contributed by atoms with Gasteiger partial charge in [-0.3, -0.25) is 4.98 Å². The Morgan fingerprint density at radius 3 is 3.00 bits per heavy atom. The van der Waals surface area contributed by atoms with Crippen LogP contribution >= 0.6 is 0 Å². The smallest absolute Gasteiger partial charge is 0.335 e. The van der Waals surface area contributed by atoms with Gasteiger partial charge in [-0.15, -0.1) is 0 Å². The largest absolute Gasteiger partial charge is 0.478 e. The summed E-state index contributed by atoms with van der Waals surface area (Å²) < 4.78 is 10.0. The molecule has 0 fully saturated rings. The molecule has 5 nitrogen and oxygen atoms in total. The van der Waals surface area contributed by atoms with Crippen LogP contribution in [0.1, 0.15) is 16.1 Å². The summed E-state index contributed by atoms with van der Waals surface area (Å²) in [5, 5.41) is 8.73. The summed E-state index contributed by atoms with van der Waals surface area (Å²) in [4.78, 5) is 14.6. The van der Waals surface area contributed by atoms with E-state index >= 15 is 0 Å². The normalized spacial score (nSPS) is 10.2. The van der Waals surface area contributed by atoms with Crippen molar-refractivity contribution in [1.82, 2.24) is 4.98 Å². The minimum Gasteiger partial charge on any atom is -0.478 e. The molecule has 1 rings (SSSR count). The number of carboxylic acid groups (broad SMARTS) is 1. The van der Waals surface area contributed by atoms with E-state index in [9.17, 15) is 4.79 Å². The summed E-state index contributed by atoms with van der Waals surface area (Å²) in [5.74, 6) is -0.962. The van der Waals surface area contributed by atoms with Crippen molar-refractivity contribution in [2.24, 2.45) is 0 Å². The van der Waals surface area contributed by atoms with Crippen LogP contribution in [0.5, 0.6) is 0 Å². The van der Waals surface area contributed by atoms with Crippen LogP contribution in [0.25, 0.3) is 0 Å². The number of hydrogen-bond donors (Lipinski definition) is 1. The van der Waals surface area contributed by atoms with Gasteiger partial charge in [0.15, 0.2) is 0 Å². The number of hydrogen-bond acceptors (Lipinski definition) is 4. The summed E-state index contributed by atoms with van der Waals surface area (Å²) in [6, 6.07) is 2.94. The second-order valence-electron chi connectivity index (χ2n) is 2.89. The highest BCUT2D eigenvalue weighted by Crippen LogP contribution is 2.03. The molecule has 1 aromatic rings. The maximum absolute atomic E-state index is 10.6. The average Bonchev–Trinajstić information content (AvgIpc) is 2.25. The second-order valence-corrected chi connectivity index (χ2v) is 2.89. The van der Waals surface area contributed by atoms with Gasteiger partial charge in [0.1, 0.15) is 0 Å². The van der Waals surface area contributed by atoms with Crippen molar-refractivity contribution in [3.63, 3.8) is 0 Å². The van der Waals surface area contributed by atoms with E-state index in [0.717, 1.165) is 0 Å². The molecule has 0 unspecified atom stereocenters. The first-order valence-electron chi connectivity index (χ1n) is 4.49. The predicted octanol–water partition coefficient (Wildman–Crippen LogP) is 0.943. The molecule has 0 atom stereocenters. The predicted molar refractivity (Wildman–Crippen MR) is 52.7 cm³/mol. The zero-order chi connectivity index (χ0) is 11.1. The van der Waals surface area contributed by atoms with Crippen LogP contribution in [0.3, 0.4) is 0 Å². The molecule has 0 amide bonds. The highest BCUT2D eigenvalue weighted by atomic mass is 16.5. The van der Waals surface area contributed by atoms with E-state index in [4.69, 9.17) is 14.6 Å². The van der Waals surface area contributed by atoms with Crippen molar-refractivity contribution in [3.05, 3.63) is 29.6 Å². The molecule has 0 aliphatic rings. The molecule has 15 heavy (non-hydrogen) atoms. The molecule has 0 bridgehead atoms. The number of pyridine rings is 1. The number of nitrogens with zero attached hydrogens (tertiary/aromatic N) is 1. The van der Waals surface area contributed by atoms with Crippen LogP contribution in [-0.4, -0.2) is 36.4 Å². The average molecular weight is 211 g/mol. The van der Waals surface area contributed by atoms with Gasteiger partial charge in [-0.05, 0) is 12.1 Å². The maximum atomic E-state index is 10.6. The molecule has 0 saturated carbocycles. The molecular weight excluding hydrogens is 198 g/mol. The molecule has 1 heterocycles. The van der Waals surface area contributed by atoms with Gasteiger partial charge in [-0.2, -0.15) is 0 Å². The Hall–Kier alpha value is -1.46. The highest BCUT2D eigenvalue weighted by Gasteiger charge is 2.03. The lowest BCUT2D eigenvalue weighted by Gasteiger charge is -2.03. The van der Waals surface area contributed by atoms with E-state index in [1.807, 2.05) is 0 Å². The van der Waals surface area contributed by atoms with Gasteiger partial charge in [0, 0.05) is 13.3 Å². The Labute approximate surface area is 87.7 Å². The van der Waals surface area contributed by atoms with E-state index in [0.29, 0.717) is 25.5 Å². The molecule has 1 aromatic heterocycles. The number of carboxylic acids is 1. The van der Waals surface area contributed by atoms with Crippen LogP contribution in [0.15, 0.2) is 18.3 Å². The fourth-order valence-electron chi connectivity index (χ4n) is 1.01. The van der Waals surface area contributed by atoms with E-state index in [1.165, 1.54) is 18.3 Å². The summed E-state index contributed by atoms with van der Waals surface area (Å²) in [7, 11) is 1.59. The summed E-state index contributed by atoms with van der Waals surface area (Å²) in [6.45, 7) is 1.28. The maximum Gasteiger partial charge on any atom is 0.335 e. The summed E-state index contributed by atoms with van der Waals surface area (Å²) in [5.41, 5.74) is 0.821. The molecule has 0 aliphatic heterocycles. The Bertz CT molecular complexity index is 327. The highest BCUT2D eigenvalue weighted by molar-refractivity contribution is 5.87. The summed E-state index contributed by atoms with van der Waals surface area (Å²) >= 11 is 0.